The molecule has 212 valence electrons. The molecule has 0 saturated carbocycles. The Morgan fingerprint density at radius 1 is 1.07 bits per heavy atom. The molecular formula is C30H33N7O3S. The van der Waals surface area contributed by atoms with Gasteiger partial charge in [-0.1, -0.05) is 12.1 Å². The average Bonchev–Trinajstić information content (AvgIpc) is 3.39. The third-order valence-corrected chi connectivity index (χ3v) is 8.64. The van der Waals surface area contributed by atoms with Gasteiger partial charge >= 0.3 is 0 Å². The summed E-state index contributed by atoms with van der Waals surface area (Å²) in [7, 11) is -2.90. The lowest BCUT2D eigenvalue weighted by molar-refractivity contribution is -0.00545. The number of amides is 1. The Labute approximate surface area is 239 Å². The first kappa shape index (κ1) is 27.1. The van der Waals surface area contributed by atoms with Crippen molar-refractivity contribution in [2.45, 2.75) is 39.0 Å². The fraction of sp³-hybridized carbons (Fsp3) is 0.333. The van der Waals surface area contributed by atoms with Gasteiger partial charge in [-0.2, -0.15) is 0 Å². The first-order chi connectivity index (χ1) is 19.6. The Balaban J connectivity index is 1.19. The van der Waals surface area contributed by atoms with Gasteiger partial charge in [0, 0.05) is 43.0 Å². The van der Waals surface area contributed by atoms with E-state index in [1.165, 1.54) is 6.26 Å². The summed E-state index contributed by atoms with van der Waals surface area (Å²) in [5.74, 6) is 0.645. The maximum absolute atomic E-state index is 13.0. The number of benzene rings is 1. The standard InChI is InChI=1S/C30H33N7O3S/c1-19-17-36(18-20(2)40-19)29-6-4-5-25(35-29)26-10-9-23-15-32-24(14-27(23)34-26)16-33-30(38)22-8-7-21-11-12-37(28(21)13-22)41(3,31)39/h4-10,13-15,19-20,31H,11-12,16-18H2,1-3H3,(H,33,38)/t19-,20+,41-/m0/s1. The molecule has 5 heterocycles. The summed E-state index contributed by atoms with van der Waals surface area (Å²) in [4.78, 5) is 29.5. The van der Waals surface area contributed by atoms with E-state index in [-0.39, 0.29) is 24.7 Å². The number of carbonyl (C=O) groups is 1. The number of nitrogens with zero attached hydrogens (tertiary/aromatic N) is 5. The quantitative estimate of drug-likeness (QED) is 0.356. The molecular weight excluding hydrogens is 538 g/mol. The molecule has 3 aromatic heterocycles. The topological polar surface area (TPSA) is 124 Å². The van der Waals surface area contributed by atoms with Crippen molar-refractivity contribution in [3.05, 3.63) is 77.6 Å². The van der Waals surface area contributed by atoms with Crippen LogP contribution in [0.1, 0.15) is 35.5 Å². The number of hydrogen-bond donors (Lipinski definition) is 2. The number of carbonyl (C=O) groups excluding carboxylic acids is 1. The van der Waals surface area contributed by atoms with Gasteiger partial charge in [-0.15, -0.1) is 0 Å². The number of fused-ring (bicyclic) bond motifs is 2. The number of pyridine rings is 3. The SMILES string of the molecule is C[C@@H]1CN(c2cccc(-c3ccc4cnc(CNC(=O)c5ccc6c(c5)N([S@](C)(=N)=O)CC6)cc4n3)n2)C[C@H](C)O1. The molecule has 1 fully saturated rings. The molecule has 3 atom stereocenters. The molecule has 0 radical (unpaired) electrons. The molecule has 41 heavy (non-hydrogen) atoms. The first-order valence-corrected chi connectivity index (χ1v) is 15.6. The summed E-state index contributed by atoms with van der Waals surface area (Å²) in [6.45, 7) is 6.48. The second-order valence-electron chi connectivity index (χ2n) is 10.8. The van der Waals surface area contributed by atoms with Crippen molar-refractivity contribution in [3.63, 3.8) is 0 Å². The van der Waals surface area contributed by atoms with Gasteiger partial charge < -0.3 is 15.0 Å². The van der Waals surface area contributed by atoms with Gasteiger partial charge in [-0.3, -0.25) is 14.1 Å². The lowest BCUT2D eigenvalue weighted by atomic mass is 10.1. The van der Waals surface area contributed by atoms with Gasteiger partial charge in [0.05, 0.1) is 47.0 Å². The highest BCUT2D eigenvalue weighted by atomic mass is 32.2. The fourth-order valence-corrected chi connectivity index (χ4v) is 6.52. The van der Waals surface area contributed by atoms with Gasteiger partial charge in [0.25, 0.3) is 5.91 Å². The smallest absolute Gasteiger partial charge is 0.251 e. The normalized spacial score (nSPS) is 20.1. The molecule has 0 aliphatic carbocycles. The van der Waals surface area contributed by atoms with Crippen molar-refractivity contribution in [1.29, 1.82) is 4.78 Å². The Kier molecular flexibility index (Phi) is 7.08. The van der Waals surface area contributed by atoms with Crippen LogP contribution in [0.4, 0.5) is 11.5 Å². The lowest BCUT2D eigenvalue weighted by Crippen LogP contribution is -2.45. The zero-order valence-electron chi connectivity index (χ0n) is 23.3. The Bertz CT molecular complexity index is 1730. The van der Waals surface area contributed by atoms with E-state index in [0.29, 0.717) is 29.9 Å². The Morgan fingerprint density at radius 3 is 2.63 bits per heavy atom. The minimum absolute atomic E-state index is 0.143. The van der Waals surface area contributed by atoms with Crippen molar-refractivity contribution in [3.8, 4) is 11.4 Å². The number of morpholine rings is 1. The number of anilines is 2. The van der Waals surface area contributed by atoms with E-state index in [1.807, 2.05) is 42.5 Å². The number of aromatic nitrogens is 3. The van der Waals surface area contributed by atoms with Crippen LogP contribution in [-0.2, 0) is 27.6 Å². The fourth-order valence-electron chi connectivity index (χ4n) is 5.53. The zero-order chi connectivity index (χ0) is 28.7. The Morgan fingerprint density at radius 2 is 1.85 bits per heavy atom. The van der Waals surface area contributed by atoms with E-state index < -0.39 is 9.92 Å². The highest BCUT2D eigenvalue weighted by Crippen LogP contribution is 2.31. The van der Waals surface area contributed by atoms with Crippen molar-refractivity contribution >= 4 is 38.2 Å². The summed E-state index contributed by atoms with van der Waals surface area (Å²) in [5.41, 5.74) is 5.14. The molecule has 1 aromatic carbocycles. The third-order valence-electron chi connectivity index (χ3n) is 7.42. The summed E-state index contributed by atoms with van der Waals surface area (Å²) < 4.78 is 27.8. The van der Waals surface area contributed by atoms with E-state index >= 15 is 0 Å². The highest BCUT2D eigenvalue weighted by Gasteiger charge is 2.26. The van der Waals surface area contributed by atoms with Crippen LogP contribution in [0.25, 0.3) is 22.3 Å². The maximum atomic E-state index is 13.0. The molecule has 2 aliphatic rings. The molecule has 1 saturated heterocycles. The predicted molar refractivity (Wildman–Crippen MR) is 160 cm³/mol. The van der Waals surface area contributed by atoms with Crippen LogP contribution in [-0.4, -0.2) is 63.2 Å². The van der Waals surface area contributed by atoms with Crippen molar-refractivity contribution in [1.82, 2.24) is 20.3 Å². The van der Waals surface area contributed by atoms with E-state index in [9.17, 15) is 9.00 Å². The minimum atomic E-state index is -2.90. The van der Waals surface area contributed by atoms with Crippen molar-refractivity contribution < 1.29 is 13.7 Å². The molecule has 4 aromatic rings. The highest BCUT2D eigenvalue weighted by molar-refractivity contribution is 7.93. The number of nitrogens with one attached hydrogen (secondary N) is 2. The van der Waals surface area contributed by atoms with Crippen LogP contribution in [0, 0.1) is 4.78 Å². The summed E-state index contributed by atoms with van der Waals surface area (Å²) in [5, 5.41) is 3.82. The molecule has 10 nitrogen and oxygen atoms in total. The largest absolute Gasteiger partial charge is 0.372 e. The van der Waals surface area contributed by atoms with Crippen LogP contribution >= 0.6 is 0 Å². The summed E-state index contributed by atoms with van der Waals surface area (Å²) in [6, 6.07) is 17.1. The average molecular weight is 572 g/mol. The van der Waals surface area contributed by atoms with Gasteiger partial charge in [0.2, 0.25) is 0 Å². The summed E-state index contributed by atoms with van der Waals surface area (Å²) >= 11 is 0. The van der Waals surface area contributed by atoms with E-state index in [4.69, 9.17) is 19.5 Å². The number of ether oxygens (including phenoxy) is 1. The molecule has 0 bridgehead atoms. The second-order valence-corrected chi connectivity index (χ2v) is 12.8. The minimum Gasteiger partial charge on any atom is -0.372 e. The third kappa shape index (κ3) is 5.73. The maximum Gasteiger partial charge on any atom is 0.251 e. The molecule has 2 aliphatic heterocycles. The van der Waals surface area contributed by atoms with E-state index in [2.05, 4.69) is 29.0 Å². The molecule has 0 unspecified atom stereocenters. The molecule has 2 N–H and O–H groups in total. The lowest BCUT2D eigenvalue weighted by Gasteiger charge is -2.36. The Hall–Kier alpha value is -4.09. The second kappa shape index (κ2) is 10.7. The monoisotopic (exact) mass is 571 g/mol. The summed E-state index contributed by atoms with van der Waals surface area (Å²) in [6.07, 6.45) is 4.15. The van der Waals surface area contributed by atoms with Crippen LogP contribution in [0.3, 0.4) is 0 Å². The van der Waals surface area contributed by atoms with Crippen molar-refractivity contribution in [2.24, 2.45) is 0 Å². The molecule has 0 spiro atoms. The van der Waals surface area contributed by atoms with E-state index in [1.54, 1.807) is 22.6 Å². The molecule has 11 heteroatoms. The zero-order valence-corrected chi connectivity index (χ0v) is 24.1. The molecule has 1 amide bonds. The van der Waals surface area contributed by atoms with Gasteiger partial charge in [-0.25, -0.2) is 19.0 Å². The first-order valence-electron chi connectivity index (χ1n) is 13.7. The number of hydrogen-bond acceptors (Lipinski definition) is 8. The van der Waals surface area contributed by atoms with Crippen LogP contribution in [0.15, 0.2) is 60.8 Å². The van der Waals surface area contributed by atoms with Crippen LogP contribution < -0.4 is 14.5 Å². The van der Waals surface area contributed by atoms with E-state index in [0.717, 1.165) is 46.8 Å². The molecule has 6 rings (SSSR count). The van der Waals surface area contributed by atoms with Gasteiger partial charge in [0.15, 0.2) is 0 Å². The predicted octanol–water partition coefficient (Wildman–Crippen LogP) is 4.19. The van der Waals surface area contributed by atoms with Crippen molar-refractivity contribution in [2.75, 3.05) is 35.1 Å². The van der Waals surface area contributed by atoms with Gasteiger partial charge in [0.1, 0.15) is 15.7 Å². The van der Waals surface area contributed by atoms with Crippen LogP contribution in [0.2, 0.25) is 0 Å². The van der Waals surface area contributed by atoms with Crippen LogP contribution in [0.5, 0.6) is 0 Å². The number of rotatable bonds is 6. The van der Waals surface area contributed by atoms with Gasteiger partial charge in [-0.05, 0) is 68.3 Å².